The molecule has 0 saturated heterocycles. The topological polar surface area (TPSA) is 77.0 Å². The Hall–Kier alpha value is -3.77. The molecule has 0 aliphatic heterocycles. The number of nitrogens with zero attached hydrogens (tertiary/aromatic N) is 3. The molecule has 0 aliphatic carbocycles. The van der Waals surface area contributed by atoms with Crippen LogP contribution in [0.15, 0.2) is 85.2 Å². The molecule has 4 aromatic rings. The second-order valence-corrected chi connectivity index (χ2v) is 6.72. The van der Waals surface area contributed by atoms with Crippen LogP contribution in [0, 0.1) is 0 Å². The van der Waals surface area contributed by atoms with E-state index in [-0.39, 0.29) is 23.9 Å². The Bertz CT molecular complexity index is 1150. The first-order valence-electron chi connectivity index (χ1n) is 9.23. The van der Waals surface area contributed by atoms with E-state index in [0.717, 1.165) is 11.3 Å². The summed E-state index contributed by atoms with van der Waals surface area (Å²) in [6.07, 6.45) is 3.13. The molecule has 0 saturated carbocycles. The second kappa shape index (κ2) is 9.15. The van der Waals surface area contributed by atoms with E-state index in [1.54, 1.807) is 30.5 Å². The monoisotopic (exact) mass is 416 g/mol. The zero-order valence-corrected chi connectivity index (χ0v) is 16.6. The summed E-state index contributed by atoms with van der Waals surface area (Å²) in [4.78, 5) is 25.9. The van der Waals surface area contributed by atoms with Crippen molar-refractivity contribution >= 4 is 17.5 Å². The summed E-state index contributed by atoms with van der Waals surface area (Å²) in [7, 11) is 0. The van der Waals surface area contributed by atoms with E-state index < -0.39 is 0 Å². The minimum atomic E-state index is -0.373. The summed E-state index contributed by atoms with van der Waals surface area (Å²) in [5.41, 5.74) is 1.74. The lowest BCUT2D eigenvalue weighted by atomic mass is 10.2. The van der Waals surface area contributed by atoms with Gasteiger partial charge in [0, 0.05) is 18.0 Å². The summed E-state index contributed by atoms with van der Waals surface area (Å²) >= 11 is 6.23. The van der Waals surface area contributed by atoms with E-state index in [1.807, 2.05) is 48.5 Å². The van der Waals surface area contributed by atoms with E-state index in [9.17, 15) is 4.79 Å². The number of benzene rings is 2. The van der Waals surface area contributed by atoms with Gasteiger partial charge in [0.25, 0.3) is 5.91 Å². The van der Waals surface area contributed by atoms with Crippen molar-refractivity contribution in [1.82, 2.24) is 20.3 Å². The third-order valence-electron chi connectivity index (χ3n) is 4.23. The smallest absolute Gasteiger partial charge is 0.258 e. The van der Waals surface area contributed by atoms with E-state index in [0.29, 0.717) is 16.6 Å². The molecule has 148 valence electrons. The summed E-state index contributed by atoms with van der Waals surface area (Å²) < 4.78 is 5.92. The van der Waals surface area contributed by atoms with Crippen molar-refractivity contribution in [2.45, 2.75) is 6.54 Å². The number of amides is 1. The molecule has 0 radical (unpaired) electrons. The Morgan fingerprint density at radius 3 is 2.47 bits per heavy atom. The number of hydrogen-bond donors (Lipinski definition) is 1. The maximum Gasteiger partial charge on any atom is 0.258 e. The first kappa shape index (κ1) is 19.5. The highest BCUT2D eigenvalue weighted by molar-refractivity contribution is 6.32. The van der Waals surface area contributed by atoms with E-state index in [1.165, 1.54) is 6.20 Å². The van der Waals surface area contributed by atoms with Crippen molar-refractivity contribution in [3.63, 3.8) is 0 Å². The molecule has 0 bridgehead atoms. The minimum Gasteiger partial charge on any atom is -0.436 e. The van der Waals surface area contributed by atoms with Crippen LogP contribution < -0.4 is 10.1 Å². The van der Waals surface area contributed by atoms with Crippen LogP contribution >= 0.6 is 11.6 Å². The third-order valence-corrected chi connectivity index (χ3v) is 4.54. The zero-order valence-electron chi connectivity index (χ0n) is 15.8. The lowest BCUT2D eigenvalue weighted by Gasteiger charge is -2.12. The quantitative estimate of drug-likeness (QED) is 0.483. The average Bonchev–Trinajstić information content (AvgIpc) is 2.80. The van der Waals surface area contributed by atoms with E-state index >= 15 is 0 Å². The van der Waals surface area contributed by atoms with Gasteiger partial charge in [0.05, 0.1) is 17.3 Å². The molecule has 0 unspecified atom stereocenters. The highest BCUT2D eigenvalue weighted by Crippen LogP contribution is 2.30. The maximum absolute atomic E-state index is 12.8. The molecule has 2 aromatic heterocycles. The van der Waals surface area contributed by atoms with Crippen LogP contribution in [0.1, 0.15) is 16.1 Å². The van der Waals surface area contributed by atoms with Gasteiger partial charge in [-0.1, -0.05) is 60.1 Å². The van der Waals surface area contributed by atoms with Crippen molar-refractivity contribution in [1.29, 1.82) is 0 Å². The van der Waals surface area contributed by atoms with Crippen molar-refractivity contribution < 1.29 is 9.53 Å². The van der Waals surface area contributed by atoms with Crippen molar-refractivity contribution in [3.8, 4) is 23.0 Å². The number of pyridine rings is 1. The van der Waals surface area contributed by atoms with Crippen LogP contribution in [0.3, 0.4) is 0 Å². The first-order valence-corrected chi connectivity index (χ1v) is 9.61. The lowest BCUT2D eigenvalue weighted by Crippen LogP contribution is -2.24. The molecule has 6 nitrogen and oxygen atoms in total. The number of para-hydroxylation sites is 1. The Kier molecular flexibility index (Phi) is 5.96. The molecule has 0 spiro atoms. The molecule has 1 N–H and O–H groups in total. The number of carbonyl (C=O) groups is 1. The van der Waals surface area contributed by atoms with Gasteiger partial charge >= 0.3 is 0 Å². The molecular formula is C23H17ClN4O2. The van der Waals surface area contributed by atoms with Gasteiger partial charge in [-0.2, -0.15) is 4.98 Å². The standard InChI is InChI=1S/C23H17ClN4O2/c24-19-11-4-5-12-20(19)30-23-18(22(29)27-14-17-10-6-7-13-25-17)15-26-21(28-23)16-8-2-1-3-9-16/h1-13,15H,14H2,(H,27,29). The SMILES string of the molecule is O=C(NCc1ccccn1)c1cnc(-c2ccccc2)nc1Oc1ccccc1Cl. The van der Waals surface area contributed by atoms with Gasteiger partial charge in [0.2, 0.25) is 5.88 Å². The maximum atomic E-state index is 12.8. The normalized spacial score (nSPS) is 10.4. The Labute approximate surface area is 178 Å². The predicted molar refractivity (Wildman–Crippen MR) is 114 cm³/mol. The Morgan fingerprint density at radius 2 is 1.70 bits per heavy atom. The fourth-order valence-corrected chi connectivity index (χ4v) is 2.90. The third kappa shape index (κ3) is 4.61. The van der Waals surface area contributed by atoms with Gasteiger partial charge in [0.1, 0.15) is 11.3 Å². The number of ether oxygens (including phenoxy) is 1. The van der Waals surface area contributed by atoms with Gasteiger partial charge in [-0.25, -0.2) is 4.98 Å². The van der Waals surface area contributed by atoms with Crippen LogP contribution in [-0.4, -0.2) is 20.9 Å². The lowest BCUT2D eigenvalue weighted by molar-refractivity contribution is 0.0947. The predicted octanol–water partition coefficient (Wildman–Crippen LogP) is 4.91. The number of nitrogens with one attached hydrogen (secondary N) is 1. The number of carbonyl (C=O) groups excluding carboxylic acids is 1. The summed E-state index contributed by atoms with van der Waals surface area (Å²) in [6, 6.07) is 22.0. The molecule has 0 atom stereocenters. The highest BCUT2D eigenvalue weighted by atomic mass is 35.5. The number of aromatic nitrogens is 3. The van der Waals surface area contributed by atoms with Gasteiger partial charge in [-0.15, -0.1) is 0 Å². The van der Waals surface area contributed by atoms with Crippen LogP contribution in [0.5, 0.6) is 11.6 Å². The number of hydrogen-bond acceptors (Lipinski definition) is 5. The zero-order chi connectivity index (χ0) is 20.8. The Balaban J connectivity index is 1.66. The molecule has 0 aliphatic rings. The van der Waals surface area contributed by atoms with E-state index in [4.69, 9.17) is 16.3 Å². The molecule has 4 rings (SSSR count). The van der Waals surface area contributed by atoms with Crippen molar-refractivity contribution in [3.05, 3.63) is 101 Å². The van der Waals surface area contributed by atoms with Crippen molar-refractivity contribution in [2.75, 3.05) is 0 Å². The minimum absolute atomic E-state index is 0.121. The van der Waals surface area contributed by atoms with E-state index in [2.05, 4.69) is 20.3 Å². The molecule has 2 aromatic carbocycles. The summed E-state index contributed by atoms with van der Waals surface area (Å²) in [6.45, 7) is 0.269. The fourth-order valence-electron chi connectivity index (χ4n) is 2.73. The molecule has 7 heteroatoms. The average molecular weight is 417 g/mol. The molecule has 2 heterocycles. The van der Waals surface area contributed by atoms with Crippen LogP contribution in [-0.2, 0) is 6.54 Å². The van der Waals surface area contributed by atoms with Crippen molar-refractivity contribution in [2.24, 2.45) is 0 Å². The van der Waals surface area contributed by atoms with Gasteiger partial charge < -0.3 is 10.1 Å². The van der Waals surface area contributed by atoms with Crippen LogP contribution in [0.4, 0.5) is 0 Å². The van der Waals surface area contributed by atoms with Gasteiger partial charge in [-0.05, 0) is 24.3 Å². The summed E-state index contributed by atoms with van der Waals surface area (Å²) in [5, 5.41) is 3.23. The van der Waals surface area contributed by atoms with Crippen LogP contribution in [0.25, 0.3) is 11.4 Å². The molecular weight excluding hydrogens is 400 g/mol. The second-order valence-electron chi connectivity index (χ2n) is 6.31. The van der Waals surface area contributed by atoms with Crippen LogP contribution in [0.2, 0.25) is 5.02 Å². The Morgan fingerprint density at radius 1 is 0.933 bits per heavy atom. The molecule has 0 fully saturated rings. The first-order chi connectivity index (χ1) is 14.7. The van der Waals surface area contributed by atoms with Gasteiger partial charge in [-0.3, -0.25) is 9.78 Å². The molecule has 1 amide bonds. The largest absolute Gasteiger partial charge is 0.436 e. The van der Waals surface area contributed by atoms with Gasteiger partial charge in [0.15, 0.2) is 5.82 Å². The molecule has 30 heavy (non-hydrogen) atoms. The fraction of sp³-hybridized carbons (Fsp3) is 0.0435. The number of rotatable bonds is 6. The highest BCUT2D eigenvalue weighted by Gasteiger charge is 2.18. The summed E-state index contributed by atoms with van der Waals surface area (Å²) in [5.74, 6) is 0.590. The number of halogens is 1.